The Morgan fingerprint density at radius 3 is 3.09 bits per heavy atom. The third kappa shape index (κ3) is 1.14. The van der Waals surface area contributed by atoms with Crippen molar-refractivity contribution < 1.29 is 4.74 Å². The lowest BCUT2D eigenvalue weighted by Gasteiger charge is -2.08. The summed E-state index contributed by atoms with van der Waals surface area (Å²) >= 11 is 0. The van der Waals surface area contributed by atoms with Gasteiger partial charge in [0.05, 0.1) is 0 Å². The molecule has 4 nitrogen and oxygen atoms in total. The van der Waals surface area contributed by atoms with Crippen molar-refractivity contribution in [3.63, 3.8) is 0 Å². The molecule has 0 saturated carbocycles. The molecule has 0 atom stereocenters. The molecular formula is C7H7N3O. The number of nitrogens with zero attached hydrogens (tertiary/aromatic N) is 3. The lowest BCUT2D eigenvalue weighted by atomic mass is 10.5. The maximum atomic E-state index is 4.91. The predicted octanol–water partition coefficient (Wildman–Crippen LogP) is 0.819. The van der Waals surface area contributed by atoms with E-state index in [0.29, 0.717) is 6.73 Å². The van der Waals surface area contributed by atoms with Gasteiger partial charge in [0, 0.05) is 6.20 Å². The minimum atomic E-state index is 0.455. The maximum absolute atomic E-state index is 4.91. The molecule has 0 amide bonds. The van der Waals surface area contributed by atoms with Gasteiger partial charge in [-0.3, -0.25) is 0 Å². The molecule has 1 aliphatic heterocycles. The predicted molar refractivity (Wildman–Crippen MR) is 41.2 cm³/mol. The maximum Gasteiger partial charge on any atom is 0.195 e. The molecule has 11 heavy (non-hydrogen) atoms. The molecule has 1 aliphatic rings. The zero-order valence-electron chi connectivity index (χ0n) is 5.84. The summed E-state index contributed by atoms with van der Waals surface area (Å²) < 4.78 is 4.91. The van der Waals surface area contributed by atoms with E-state index >= 15 is 0 Å². The van der Waals surface area contributed by atoms with Crippen molar-refractivity contribution in [2.45, 2.75) is 0 Å². The molecule has 0 aliphatic carbocycles. The van der Waals surface area contributed by atoms with E-state index in [9.17, 15) is 0 Å². The van der Waals surface area contributed by atoms with Gasteiger partial charge in [-0.15, -0.1) is 5.10 Å². The summed E-state index contributed by atoms with van der Waals surface area (Å²) in [6.45, 7) is 0.455. The SMILES string of the molecule is C1=NN(c2ccccn2)CO1. The number of pyridine rings is 1. The molecule has 1 aromatic heterocycles. The number of hydrogen-bond acceptors (Lipinski definition) is 4. The van der Waals surface area contributed by atoms with E-state index in [1.165, 1.54) is 6.40 Å². The monoisotopic (exact) mass is 149 g/mol. The van der Waals surface area contributed by atoms with Crippen molar-refractivity contribution in [3.05, 3.63) is 24.4 Å². The van der Waals surface area contributed by atoms with Gasteiger partial charge < -0.3 is 4.74 Å². The van der Waals surface area contributed by atoms with E-state index in [1.807, 2.05) is 18.2 Å². The van der Waals surface area contributed by atoms with Gasteiger partial charge in [0.15, 0.2) is 18.9 Å². The quantitative estimate of drug-likeness (QED) is 0.593. The van der Waals surface area contributed by atoms with Gasteiger partial charge in [-0.05, 0) is 12.1 Å². The highest BCUT2D eigenvalue weighted by molar-refractivity contribution is 5.54. The minimum Gasteiger partial charge on any atom is -0.459 e. The zero-order valence-corrected chi connectivity index (χ0v) is 5.84. The summed E-state index contributed by atoms with van der Waals surface area (Å²) in [7, 11) is 0. The van der Waals surface area contributed by atoms with Crippen LogP contribution in [0.15, 0.2) is 29.5 Å². The zero-order chi connectivity index (χ0) is 7.52. The molecule has 0 radical (unpaired) electrons. The van der Waals surface area contributed by atoms with E-state index in [0.717, 1.165) is 5.82 Å². The van der Waals surface area contributed by atoms with Crippen LogP contribution in [0.3, 0.4) is 0 Å². The topological polar surface area (TPSA) is 37.7 Å². The van der Waals surface area contributed by atoms with E-state index in [2.05, 4.69) is 10.1 Å². The van der Waals surface area contributed by atoms with Gasteiger partial charge in [-0.2, -0.15) is 0 Å². The summed E-state index contributed by atoms with van der Waals surface area (Å²) in [5, 5.41) is 5.61. The van der Waals surface area contributed by atoms with Gasteiger partial charge >= 0.3 is 0 Å². The molecule has 0 unspecified atom stereocenters. The highest BCUT2D eigenvalue weighted by Crippen LogP contribution is 2.10. The Balaban J connectivity index is 2.23. The number of hydrazone groups is 1. The van der Waals surface area contributed by atoms with E-state index in [1.54, 1.807) is 11.2 Å². The number of hydrogen-bond donors (Lipinski definition) is 0. The fourth-order valence-corrected chi connectivity index (χ4v) is 0.859. The average molecular weight is 149 g/mol. The molecular weight excluding hydrogens is 142 g/mol. The molecule has 56 valence electrons. The van der Waals surface area contributed by atoms with Gasteiger partial charge in [-0.1, -0.05) is 6.07 Å². The normalized spacial score (nSPS) is 15.1. The molecule has 0 bridgehead atoms. The van der Waals surface area contributed by atoms with Crippen LogP contribution < -0.4 is 5.01 Å². The lowest BCUT2D eigenvalue weighted by Crippen LogP contribution is -2.13. The Kier molecular flexibility index (Phi) is 1.44. The third-order valence-electron chi connectivity index (χ3n) is 1.37. The summed E-state index contributed by atoms with van der Waals surface area (Å²) in [5.41, 5.74) is 0. The average Bonchev–Trinajstić information content (AvgIpc) is 2.58. The minimum absolute atomic E-state index is 0.455. The van der Waals surface area contributed by atoms with Crippen LogP contribution in [0.2, 0.25) is 0 Å². The Hall–Kier alpha value is -1.58. The second-order valence-electron chi connectivity index (χ2n) is 2.10. The molecule has 2 heterocycles. The Labute approximate surface area is 64.1 Å². The second-order valence-corrected chi connectivity index (χ2v) is 2.10. The Morgan fingerprint density at radius 1 is 1.45 bits per heavy atom. The summed E-state index contributed by atoms with van der Waals surface area (Å²) in [6, 6.07) is 5.66. The smallest absolute Gasteiger partial charge is 0.195 e. The lowest BCUT2D eigenvalue weighted by molar-refractivity contribution is 0.349. The Bertz CT molecular complexity index is 260. The first kappa shape index (κ1) is 6.15. The van der Waals surface area contributed by atoms with E-state index < -0.39 is 0 Å². The third-order valence-corrected chi connectivity index (χ3v) is 1.37. The molecule has 2 rings (SSSR count). The molecule has 0 aromatic carbocycles. The van der Waals surface area contributed by atoms with Crippen molar-refractivity contribution >= 4 is 12.2 Å². The van der Waals surface area contributed by atoms with Crippen molar-refractivity contribution in [1.82, 2.24) is 4.98 Å². The van der Waals surface area contributed by atoms with Crippen LogP contribution in [0.5, 0.6) is 0 Å². The first-order valence-electron chi connectivity index (χ1n) is 3.29. The number of ether oxygens (including phenoxy) is 1. The molecule has 0 fully saturated rings. The summed E-state index contributed by atoms with van der Waals surface area (Å²) in [5.74, 6) is 0.807. The highest BCUT2D eigenvalue weighted by atomic mass is 16.5. The largest absolute Gasteiger partial charge is 0.459 e. The number of rotatable bonds is 1. The van der Waals surface area contributed by atoms with Gasteiger partial charge in [0.25, 0.3) is 0 Å². The van der Waals surface area contributed by atoms with E-state index in [4.69, 9.17) is 4.74 Å². The number of anilines is 1. The van der Waals surface area contributed by atoms with Crippen molar-refractivity contribution in [3.8, 4) is 0 Å². The fourth-order valence-electron chi connectivity index (χ4n) is 0.859. The second kappa shape index (κ2) is 2.57. The summed E-state index contributed by atoms with van der Waals surface area (Å²) in [6.07, 6.45) is 3.14. The van der Waals surface area contributed by atoms with Crippen LogP contribution in [0.25, 0.3) is 0 Å². The van der Waals surface area contributed by atoms with Crippen LogP contribution in [0.4, 0.5) is 5.82 Å². The van der Waals surface area contributed by atoms with Crippen LogP contribution in [-0.2, 0) is 4.74 Å². The van der Waals surface area contributed by atoms with Gasteiger partial charge in [0.2, 0.25) is 0 Å². The van der Waals surface area contributed by atoms with Crippen molar-refractivity contribution in [2.75, 3.05) is 11.7 Å². The molecule has 0 saturated heterocycles. The van der Waals surface area contributed by atoms with Crippen LogP contribution in [-0.4, -0.2) is 18.1 Å². The first-order valence-corrected chi connectivity index (χ1v) is 3.29. The van der Waals surface area contributed by atoms with Crippen LogP contribution in [0, 0.1) is 0 Å². The fraction of sp³-hybridized carbons (Fsp3) is 0.143. The highest BCUT2D eigenvalue weighted by Gasteiger charge is 2.08. The van der Waals surface area contributed by atoms with Crippen molar-refractivity contribution in [2.24, 2.45) is 5.10 Å². The van der Waals surface area contributed by atoms with Crippen LogP contribution >= 0.6 is 0 Å². The standard InChI is InChI=1S/C7H7N3O/c1-2-4-8-7(3-1)10-6-11-5-9-10/h1-5H,6H2. The first-order chi connectivity index (χ1) is 5.47. The van der Waals surface area contributed by atoms with E-state index in [-0.39, 0.29) is 0 Å². The Morgan fingerprint density at radius 2 is 2.45 bits per heavy atom. The van der Waals surface area contributed by atoms with Gasteiger partial charge in [-0.25, -0.2) is 9.99 Å². The molecule has 0 N–H and O–H groups in total. The van der Waals surface area contributed by atoms with Crippen LogP contribution in [0.1, 0.15) is 0 Å². The molecule has 1 aromatic rings. The van der Waals surface area contributed by atoms with Crippen molar-refractivity contribution in [1.29, 1.82) is 0 Å². The van der Waals surface area contributed by atoms with Gasteiger partial charge in [0.1, 0.15) is 0 Å². The molecule has 4 heteroatoms. The molecule has 0 spiro atoms. The number of aromatic nitrogens is 1. The summed E-state index contributed by atoms with van der Waals surface area (Å²) in [4.78, 5) is 4.09.